The minimum Gasteiger partial charge on any atom is -0.768 e. The van der Waals surface area contributed by atoms with E-state index in [0.717, 1.165) is 6.20 Å². The Balaban J connectivity index is 2.02. The second-order valence-electron chi connectivity index (χ2n) is 7.78. The molecule has 33 heavy (non-hydrogen) atoms. The van der Waals surface area contributed by atoms with Crippen LogP contribution in [0.2, 0.25) is 0 Å². The maximum Gasteiger partial charge on any atom is 0.433 e. The zero-order chi connectivity index (χ0) is 24.5. The molecule has 0 aliphatic carbocycles. The number of aromatic amines is 1. The van der Waals surface area contributed by atoms with E-state index in [2.05, 4.69) is 25.3 Å². The van der Waals surface area contributed by atoms with Crippen molar-refractivity contribution in [1.82, 2.24) is 19.9 Å². The van der Waals surface area contributed by atoms with Crippen molar-refractivity contribution >= 4 is 28.1 Å². The number of aliphatic hydroxyl groups is 2. The molecule has 0 radical (unpaired) electrons. The maximum absolute atomic E-state index is 13.5. The number of anilines is 1. The summed E-state index contributed by atoms with van der Waals surface area (Å²) in [5, 5.41) is 22.2. The van der Waals surface area contributed by atoms with Gasteiger partial charge in [-0.1, -0.05) is 20.8 Å². The Hall–Kier alpha value is -2.61. The van der Waals surface area contributed by atoms with Crippen molar-refractivity contribution in [3.63, 3.8) is 0 Å². The number of hydrogen-bond donors (Lipinski definition) is 4. The number of nitrogens with zero attached hydrogens (tertiary/aromatic N) is 3. The third-order valence-corrected chi connectivity index (χ3v) is 5.85. The number of rotatable bonds is 8. The molecule has 0 amide bonds. The number of fused-ring (bicyclic) bond motifs is 1. The SMILES string of the molecule is CCC(O)c1cnc(NC(c2nc3cc(S(=O)[O-])c(CO)cc3[nH]2)C(C)C)nc1C(F)(F)F. The van der Waals surface area contributed by atoms with Gasteiger partial charge in [0.1, 0.15) is 5.82 Å². The lowest BCUT2D eigenvalue weighted by Crippen LogP contribution is -2.22. The first kappa shape index (κ1) is 25.0. The predicted molar refractivity (Wildman–Crippen MR) is 113 cm³/mol. The van der Waals surface area contributed by atoms with Crippen molar-refractivity contribution in [2.75, 3.05) is 5.32 Å². The fourth-order valence-corrected chi connectivity index (χ4v) is 3.92. The number of halogens is 3. The quantitative estimate of drug-likeness (QED) is 0.355. The van der Waals surface area contributed by atoms with Crippen LogP contribution in [0.15, 0.2) is 23.2 Å². The van der Waals surface area contributed by atoms with E-state index in [1.165, 1.54) is 12.1 Å². The van der Waals surface area contributed by atoms with Gasteiger partial charge < -0.3 is 25.1 Å². The van der Waals surface area contributed by atoms with Crippen molar-refractivity contribution < 1.29 is 32.1 Å². The van der Waals surface area contributed by atoms with Gasteiger partial charge in [0.05, 0.1) is 29.8 Å². The van der Waals surface area contributed by atoms with Crippen LogP contribution in [0.5, 0.6) is 0 Å². The van der Waals surface area contributed by atoms with Crippen molar-refractivity contribution in [3.05, 3.63) is 41.0 Å². The molecule has 3 rings (SSSR count). The molecule has 0 bridgehead atoms. The number of alkyl halides is 3. The minimum absolute atomic E-state index is 0.0682. The molecule has 0 aliphatic heterocycles. The van der Waals surface area contributed by atoms with Gasteiger partial charge in [-0.15, -0.1) is 0 Å². The molecular formula is C20H23F3N5O4S-. The summed E-state index contributed by atoms with van der Waals surface area (Å²) in [6.45, 7) is 4.66. The van der Waals surface area contributed by atoms with Crippen LogP contribution in [0.3, 0.4) is 0 Å². The van der Waals surface area contributed by atoms with E-state index in [4.69, 9.17) is 0 Å². The van der Waals surface area contributed by atoms with Crippen LogP contribution in [0, 0.1) is 5.92 Å². The minimum atomic E-state index is -4.79. The van der Waals surface area contributed by atoms with Gasteiger partial charge in [0, 0.05) is 16.7 Å². The van der Waals surface area contributed by atoms with E-state index in [1.54, 1.807) is 6.92 Å². The second-order valence-corrected chi connectivity index (χ2v) is 8.69. The molecule has 13 heteroatoms. The lowest BCUT2D eigenvalue weighted by atomic mass is 10.0. The van der Waals surface area contributed by atoms with E-state index in [-0.39, 0.29) is 28.7 Å². The van der Waals surface area contributed by atoms with Crippen LogP contribution in [-0.4, -0.2) is 38.9 Å². The standard InChI is InChI=1S/C20H24F3N5O4S/c1-4-14(30)11-7-24-19(28-17(11)20(21,22)23)27-16(9(2)3)18-25-12-5-10(8-29)15(33(31)32)6-13(12)26-18/h5-7,9,14,16,29-30H,4,8H2,1-3H3,(H,25,26)(H,31,32)(H,24,27,28)/p-1. The zero-order valence-electron chi connectivity index (χ0n) is 18.0. The molecule has 180 valence electrons. The Bertz CT molecular complexity index is 1170. The van der Waals surface area contributed by atoms with Crippen LogP contribution in [-0.2, 0) is 23.9 Å². The molecular weight excluding hydrogens is 463 g/mol. The fourth-order valence-electron chi connectivity index (χ4n) is 3.37. The van der Waals surface area contributed by atoms with Gasteiger partial charge in [-0.25, -0.2) is 15.0 Å². The van der Waals surface area contributed by atoms with Crippen LogP contribution < -0.4 is 5.32 Å². The number of aliphatic hydroxyl groups excluding tert-OH is 2. The van der Waals surface area contributed by atoms with E-state index in [1.807, 2.05) is 13.8 Å². The molecule has 3 unspecified atom stereocenters. The van der Waals surface area contributed by atoms with E-state index in [9.17, 15) is 32.1 Å². The molecule has 0 spiro atoms. The summed E-state index contributed by atoms with van der Waals surface area (Å²) in [7, 11) is 0. The highest BCUT2D eigenvalue weighted by Gasteiger charge is 2.38. The molecule has 0 saturated carbocycles. The summed E-state index contributed by atoms with van der Waals surface area (Å²) < 4.78 is 63.5. The van der Waals surface area contributed by atoms with Crippen LogP contribution in [0.1, 0.15) is 62.0 Å². The molecule has 2 heterocycles. The summed E-state index contributed by atoms with van der Waals surface area (Å²) in [4.78, 5) is 14.9. The normalized spacial score (nSPS) is 15.1. The molecule has 3 aromatic rings. The van der Waals surface area contributed by atoms with Crippen molar-refractivity contribution in [1.29, 1.82) is 0 Å². The Morgan fingerprint density at radius 2 is 1.97 bits per heavy atom. The summed E-state index contributed by atoms with van der Waals surface area (Å²) >= 11 is -2.58. The van der Waals surface area contributed by atoms with Crippen molar-refractivity contribution in [2.45, 2.75) is 57.0 Å². The number of aromatic nitrogens is 4. The van der Waals surface area contributed by atoms with Gasteiger partial charge in [0.2, 0.25) is 5.95 Å². The van der Waals surface area contributed by atoms with Gasteiger partial charge in [-0.2, -0.15) is 13.2 Å². The highest BCUT2D eigenvalue weighted by atomic mass is 32.2. The smallest absolute Gasteiger partial charge is 0.433 e. The molecule has 9 nitrogen and oxygen atoms in total. The van der Waals surface area contributed by atoms with E-state index < -0.39 is 47.3 Å². The van der Waals surface area contributed by atoms with Crippen molar-refractivity contribution in [3.8, 4) is 0 Å². The second kappa shape index (κ2) is 9.71. The zero-order valence-corrected chi connectivity index (χ0v) is 18.8. The van der Waals surface area contributed by atoms with Crippen LogP contribution >= 0.6 is 0 Å². The third-order valence-electron chi connectivity index (χ3n) is 5.11. The average Bonchev–Trinajstić information content (AvgIpc) is 3.17. The van der Waals surface area contributed by atoms with Crippen molar-refractivity contribution in [2.24, 2.45) is 5.92 Å². The molecule has 1 aromatic carbocycles. The third kappa shape index (κ3) is 5.32. The summed E-state index contributed by atoms with van der Waals surface area (Å²) in [6, 6.07) is 2.10. The molecule has 0 fully saturated rings. The number of benzene rings is 1. The largest absolute Gasteiger partial charge is 0.768 e. The van der Waals surface area contributed by atoms with Crippen LogP contribution in [0.4, 0.5) is 19.1 Å². The highest BCUT2D eigenvalue weighted by molar-refractivity contribution is 7.79. The van der Waals surface area contributed by atoms with Gasteiger partial charge in [0.25, 0.3) is 0 Å². The molecule has 0 aliphatic rings. The maximum atomic E-state index is 13.5. The Kier molecular flexibility index (Phi) is 7.36. The van der Waals surface area contributed by atoms with E-state index in [0.29, 0.717) is 16.9 Å². The predicted octanol–water partition coefficient (Wildman–Crippen LogP) is 3.35. The lowest BCUT2D eigenvalue weighted by Gasteiger charge is -2.22. The Labute approximate surface area is 189 Å². The first-order valence-electron chi connectivity index (χ1n) is 10.1. The summed E-state index contributed by atoms with van der Waals surface area (Å²) in [6.07, 6.45) is -5.12. The van der Waals surface area contributed by atoms with E-state index >= 15 is 0 Å². The molecule has 3 atom stereocenters. The number of nitrogens with one attached hydrogen (secondary N) is 2. The molecule has 0 saturated heterocycles. The number of hydrogen-bond acceptors (Lipinski definition) is 8. The Morgan fingerprint density at radius 3 is 2.52 bits per heavy atom. The number of H-pyrrole nitrogens is 1. The van der Waals surface area contributed by atoms with Crippen LogP contribution in [0.25, 0.3) is 11.0 Å². The van der Waals surface area contributed by atoms with Gasteiger partial charge in [-0.05, 0) is 41.1 Å². The molecule has 4 N–H and O–H groups in total. The Morgan fingerprint density at radius 1 is 1.27 bits per heavy atom. The average molecular weight is 486 g/mol. The van der Waals surface area contributed by atoms with Gasteiger partial charge in [0.15, 0.2) is 5.69 Å². The van der Waals surface area contributed by atoms with Gasteiger partial charge in [-0.3, -0.25) is 4.21 Å². The first-order valence-corrected chi connectivity index (χ1v) is 11.1. The topological polar surface area (TPSA) is 147 Å². The number of imidazole rings is 1. The van der Waals surface area contributed by atoms with Gasteiger partial charge >= 0.3 is 6.18 Å². The fraction of sp³-hybridized carbons (Fsp3) is 0.450. The highest BCUT2D eigenvalue weighted by Crippen LogP contribution is 2.35. The monoisotopic (exact) mass is 486 g/mol. The summed E-state index contributed by atoms with van der Waals surface area (Å²) in [5.74, 6) is -0.159. The lowest BCUT2D eigenvalue weighted by molar-refractivity contribution is -0.142. The first-order chi connectivity index (χ1) is 15.5. The summed E-state index contributed by atoms with van der Waals surface area (Å²) in [5.41, 5.74) is -0.684. The molecule has 2 aromatic heterocycles.